The average Bonchev–Trinajstić information content (AvgIpc) is 2.26. The fraction of sp³-hybridized carbons (Fsp3) is 0.111. The molecule has 0 amide bonds. The number of thiocarbonyl (C=S) groups is 1. The van der Waals surface area contributed by atoms with Crippen molar-refractivity contribution in [3.05, 3.63) is 33.9 Å². The lowest BCUT2D eigenvalue weighted by Gasteiger charge is -2.09. The first-order valence-electron chi connectivity index (χ1n) is 4.39. The van der Waals surface area contributed by atoms with E-state index in [1.165, 1.54) is 18.2 Å². The smallest absolute Gasteiger partial charge is 0.347 e. The molecule has 7 nitrogen and oxygen atoms in total. The summed E-state index contributed by atoms with van der Waals surface area (Å²) in [6, 6.07) is 4.04. The Labute approximate surface area is 102 Å². The Morgan fingerprint density at radius 2 is 2.24 bits per heavy atom. The number of nitrogens with one attached hydrogen (secondary N) is 1. The molecular formula is C9H9N3O4S. The maximum Gasteiger partial charge on any atom is 0.347 e. The Bertz CT molecular complexity index is 489. The molecule has 0 fully saturated rings. The summed E-state index contributed by atoms with van der Waals surface area (Å²) in [4.78, 5) is 21.6. The minimum atomic E-state index is -0.837. The minimum absolute atomic E-state index is 0.101. The summed E-state index contributed by atoms with van der Waals surface area (Å²) in [6.45, 7) is 0. The van der Waals surface area contributed by atoms with E-state index in [2.05, 4.69) is 22.3 Å². The topological polar surface area (TPSA) is 107 Å². The lowest BCUT2D eigenvalue weighted by Crippen LogP contribution is -2.21. The lowest BCUT2D eigenvalue weighted by molar-refractivity contribution is -0.385. The van der Waals surface area contributed by atoms with Crippen molar-refractivity contribution in [1.29, 1.82) is 0 Å². The fourth-order valence-electron chi connectivity index (χ4n) is 1.25. The molecule has 17 heavy (non-hydrogen) atoms. The van der Waals surface area contributed by atoms with Crippen LogP contribution in [0.5, 0.6) is 0 Å². The number of hydrogen-bond acceptors (Lipinski definition) is 5. The molecule has 0 spiro atoms. The molecule has 0 aliphatic rings. The van der Waals surface area contributed by atoms with Gasteiger partial charge in [0.15, 0.2) is 10.7 Å². The maximum absolute atomic E-state index is 11.5. The van der Waals surface area contributed by atoms with E-state index in [4.69, 9.17) is 5.73 Å². The second-order valence-corrected chi connectivity index (χ2v) is 3.38. The van der Waals surface area contributed by atoms with Gasteiger partial charge >= 0.3 is 5.97 Å². The Morgan fingerprint density at radius 1 is 1.59 bits per heavy atom. The van der Waals surface area contributed by atoms with Crippen LogP contribution in [-0.4, -0.2) is 23.1 Å². The predicted molar refractivity (Wildman–Crippen MR) is 64.8 cm³/mol. The highest BCUT2D eigenvalue weighted by Gasteiger charge is 2.24. The van der Waals surface area contributed by atoms with E-state index in [9.17, 15) is 14.9 Å². The maximum atomic E-state index is 11.5. The van der Waals surface area contributed by atoms with E-state index in [1.807, 2.05) is 0 Å². The molecular weight excluding hydrogens is 246 g/mol. The highest BCUT2D eigenvalue weighted by atomic mass is 32.1. The zero-order valence-electron chi connectivity index (χ0n) is 8.80. The standard InChI is InChI=1S/C9H9N3O4S/c1-16-8(13)7-5(11-9(10)17)3-2-4-6(7)12(14)15/h2-4H,1H3,(H3,10,11,17). The van der Waals surface area contributed by atoms with Gasteiger partial charge in [-0.3, -0.25) is 10.1 Å². The van der Waals surface area contributed by atoms with Crippen molar-refractivity contribution >= 4 is 34.7 Å². The van der Waals surface area contributed by atoms with Gasteiger partial charge in [-0.05, 0) is 18.3 Å². The number of nitro groups is 1. The van der Waals surface area contributed by atoms with Crippen LogP contribution in [0.4, 0.5) is 11.4 Å². The third-order valence-corrected chi connectivity index (χ3v) is 1.99. The number of nitro benzene ring substituents is 1. The first-order chi connectivity index (χ1) is 7.97. The van der Waals surface area contributed by atoms with E-state index in [-0.39, 0.29) is 22.1 Å². The minimum Gasteiger partial charge on any atom is -0.465 e. The highest BCUT2D eigenvalue weighted by molar-refractivity contribution is 7.80. The molecule has 8 heteroatoms. The zero-order chi connectivity index (χ0) is 13.0. The summed E-state index contributed by atoms with van der Waals surface area (Å²) >= 11 is 4.61. The molecule has 0 heterocycles. The number of hydrogen-bond donors (Lipinski definition) is 2. The number of carbonyl (C=O) groups is 1. The van der Waals surface area contributed by atoms with Gasteiger partial charge in [0.25, 0.3) is 5.69 Å². The van der Waals surface area contributed by atoms with E-state index in [1.54, 1.807) is 0 Å². The van der Waals surface area contributed by atoms with Crippen LogP contribution in [0.1, 0.15) is 10.4 Å². The summed E-state index contributed by atoms with van der Waals surface area (Å²) in [5.74, 6) is -0.837. The van der Waals surface area contributed by atoms with Gasteiger partial charge < -0.3 is 15.8 Å². The lowest BCUT2D eigenvalue weighted by atomic mass is 10.1. The van der Waals surface area contributed by atoms with Gasteiger partial charge in [-0.25, -0.2) is 4.79 Å². The number of nitrogens with two attached hydrogens (primary N) is 1. The van der Waals surface area contributed by atoms with E-state index in [0.717, 1.165) is 7.11 Å². The summed E-state index contributed by atoms with van der Waals surface area (Å²) in [6.07, 6.45) is 0. The van der Waals surface area contributed by atoms with Crippen LogP contribution in [0.2, 0.25) is 0 Å². The number of carbonyl (C=O) groups excluding carboxylic acids is 1. The molecule has 0 saturated heterocycles. The van der Waals surface area contributed by atoms with Crippen molar-refractivity contribution in [2.75, 3.05) is 12.4 Å². The Morgan fingerprint density at radius 3 is 2.71 bits per heavy atom. The summed E-state index contributed by atoms with van der Waals surface area (Å²) in [5.41, 5.74) is 4.81. The van der Waals surface area contributed by atoms with Crippen molar-refractivity contribution in [3.63, 3.8) is 0 Å². The number of ether oxygens (including phenoxy) is 1. The second-order valence-electron chi connectivity index (χ2n) is 2.94. The van der Waals surface area contributed by atoms with E-state index in [0.29, 0.717) is 0 Å². The Balaban J connectivity index is 3.39. The highest BCUT2D eigenvalue weighted by Crippen LogP contribution is 2.26. The van der Waals surface area contributed by atoms with Gasteiger partial charge in [0.1, 0.15) is 0 Å². The molecule has 0 bridgehead atoms. The van der Waals surface area contributed by atoms with Crippen LogP contribution >= 0.6 is 12.2 Å². The zero-order valence-corrected chi connectivity index (χ0v) is 9.61. The van der Waals surface area contributed by atoms with Crippen LogP contribution < -0.4 is 11.1 Å². The van der Waals surface area contributed by atoms with Gasteiger partial charge in [-0.1, -0.05) is 6.07 Å². The molecule has 0 saturated carbocycles. The van der Waals surface area contributed by atoms with Crippen LogP contribution in [0.3, 0.4) is 0 Å². The number of rotatable bonds is 3. The number of benzene rings is 1. The van der Waals surface area contributed by atoms with Crippen LogP contribution in [0.15, 0.2) is 18.2 Å². The normalized spacial score (nSPS) is 9.47. The molecule has 0 radical (unpaired) electrons. The average molecular weight is 255 g/mol. The van der Waals surface area contributed by atoms with Crippen molar-refractivity contribution < 1.29 is 14.5 Å². The molecule has 3 N–H and O–H groups in total. The molecule has 90 valence electrons. The predicted octanol–water partition coefficient (Wildman–Crippen LogP) is 1.04. The van der Waals surface area contributed by atoms with E-state index < -0.39 is 10.9 Å². The molecule has 0 atom stereocenters. The van der Waals surface area contributed by atoms with Gasteiger partial charge in [0.2, 0.25) is 0 Å². The molecule has 0 aliphatic heterocycles. The molecule has 0 aromatic heterocycles. The number of esters is 1. The summed E-state index contributed by atoms with van der Waals surface area (Å²) in [5, 5.41) is 13.2. The molecule has 1 rings (SSSR count). The fourth-order valence-corrected chi connectivity index (χ4v) is 1.36. The van der Waals surface area contributed by atoms with Gasteiger partial charge in [0.05, 0.1) is 17.7 Å². The molecule has 0 unspecified atom stereocenters. The second kappa shape index (κ2) is 5.21. The Kier molecular flexibility index (Phi) is 3.94. The molecule has 1 aromatic rings. The number of nitrogens with zero attached hydrogens (tertiary/aromatic N) is 1. The molecule has 0 aliphatic carbocycles. The largest absolute Gasteiger partial charge is 0.465 e. The van der Waals surface area contributed by atoms with Crippen molar-refractivity contribution in [1.82, 2.24) is 0 Å². The van der Waals surface area contributed by atoms with Crippen molar-refractivity contribution in [3.8, 4) is 0 Å². The number of anilines is 1. The van der Waals surface area contributed by atoms with E-state index >= 15 is 0 Å². The van der Waals surface area contributed by atoms with Crippen LogP contribution in [0, 0.1) is 10.1 Å². The van der Waals surface area contributed by atoms with Crippen molar-refractivity contribution in [2.24, 2.45) is 5.73 Å². The first kappa shape index (κ1) is 12.8. The van der Waals surface area contributed by atoms with Gasteiger partial charge in [-0.2, -0.15) is 0 Å². The third kappa shape index (κ3) is 2.88. The van der Waals surface area contributed by atoms with Gasteiger partial charge in [0, 0.05) is 6.07 Å². The quantitative estimate of drug-likeness (QED) is 0.359. The van der Waals surface area contributed by atoms with Gasteiger partial charge in [-0.15, -0.1) is 0 Å². The summed E-state index contributed by atoms with van der Waals surface area (Å²) < 4.78 is 4.48. The van der Waals surface area contributed by atoms with Crippen LogP contribution in [-0.2, 0) is 4.74 Å². The molecule has 1 aromatic carbocycles. The summed E-state index contributed by atoms with van der Waals surface area (Å²) in [7, 11) is 1.13. The van der Waals surface area contributed by atoms with Crippen molar-refractivity contribution in [2.45, 2.75) is 0 Å². The number of methoxy groups -OCH3 is 1. The third-order valence-electron chi connectivity index (χ3n) is 1.89. The monoisotopic (exact) mass is 255 g/mol. The SMILES string of the molecule is COC(=O)c1c(NC(N)=S)cccc1[N+](=O)[O-]. The van der Waals surface area contributed by atoms with Crippen LogP contribution in [0.25, 0.3) is 0 Å². The first-order valence-corrected chi connectivity index (χ1v) is 4.80. The Hall–Kier alpha value is -2.22.